The fraction of sp³-hybridized carbons (Fsp3) is 0.231. The van der Waals surface area contributed by atoms with Crippen LogP contribution in [-0.2, 0) is 10.8 Å². The van der Waals surface area contributed by atoms with E-state index in [1.54, 1.807) is 0 Å². The predicted molar refractivity (Wildman–Crippen MR) is 191 cm³/mol. The van der Waals surface area contributed by atoms with E-state index in [1.807, 2.05) is 24.7 Å². The molecule has 0 atom stereocenters. The van der Waals surface area contributed by atoms with Crippen molar-refractivity contribution >= 4 is 52.4 Å². The molecule has 0 spiro atoms. The summed E-state index contributed by atoms with van der Waals surface area (Å²) in [5.41, 5.74) is 7.21. The fourth-order valence-corrected chi connectivity index (χ4v) is 7.84. The van der Waals surface area contributed by atoms with Crippen molar-refractivity contribution in [2.24, 2.45) is 0 Å². The molecule has 2 aliphatic rings. The van der Waals surface area contributed by atoms with Gasteiger partial charge in [-0.25, -0.2) is 0 Å². The van der Waals surface area contributed by atoms with Crippen molar-refractivity contribution in [2.45, 2.75) is 52.4 Å². The molecule has 7 heteroatoms. The van der Waals surface area contributed by atoms with Gasteiger partial charge in [0.15, 0.2) is 0 Å². The van der Waals surface area contributed by atoms with Crippen LogP contribution in [0.1, 0.15) is 52.7 Å². The van der Waals surface area contributed by atoms with Crippen molar-refractivity contribution in [1.82, 2.24) is 9.97 Å². The standard InChI is InChI=1S/C39H39N5OSe/c1-38(2,3)27-10-12-29(13-11-27)42-20-21-43(26-42)30-8-7-9-31(23-30)45-32-14-15-35-34(24-32)44(33-17-18-40-25-36(33)46-35)37-22-28(16-19-41-37)39(4,5)6/h7-25H,26H2,1-6H3. The second-order valence-electron chi connectivity index (χ2n) is 13.8. The molecule has 4 heterocycles. The van der Waals surface area contributed by atoms with E-state index in [0.717, 1.165) is 41.0 Å². The number of benzene rings is 3. The minimum atomic E-state index is 0.00966. The summed E-state index contributed by atoms with van der Waals surface area (Å²) in [6.45, 7) is 14.2. The Labute approximate surface area is 278 Å². The van der Waals surface area contributed by atoms with Crippen LogP contribution in [0, 0.1) is 0 Å². The van der Waals surface area contributed by atoms with Crippen LogP contribution in [-0.4, -0.2) is 31.6 Å². The molecule has 232 valence electrons. The first-order valence-corrected chi connectivity index (χ1v) is 17.4. The maximum Gasteiger partial charge on any atom is -0.0381 e. The number of ether oxygens (including phenoxy) is 1. The second-order valence-corrected chi connectivity index (χ2v) is 16.1. The Hall–Kier alpha value is -4.58. The normalized spacial score (nSPS) is 14.3. The van der Waals surface area contributed by atoms with Crippen LogP contribution in [0.4, 0.5) is 28.6 Å². The Kier molecular flexibility index (Phi) is 7.62. The summed E-state index contributed by atoms with van der Waals surface area (Å²) in [6, 6.07) is 30.0. The molecule has 2 aromatic heterocycles. The number of aromatic nitrogens is 2. The smallest absolute Gasteiger partial charge is 0.0381 e. The summed E-state index contributed by atoms with van der Waals surface area (Å²) < 4.78 is 9.05. The number of hydrogen-bond donors (Lipinski definition) is 0. The summed E-state index contributed by atoms with van der Waals surface area (Å²) in [6.07, 6.45) is 10.0. The molecule has 3 aromatic carbocycles. The molecule has 0 fully saturated rings. The first-order chi connectivity index (χ1) is 22.0. The monoisotopic (exact) mass is 673 g/mol. The summed E-state index contributed by atoms with van der Waals surface area (Å²) in [5, 5.41) is 0. The molecular weight excluding hydrogens is 633 g/mol. The molecule has 0 N–H and O–H groups in total. The molecule has 0 radical (unpaired) electrons. The van der Waals surface area contributed by atoms with Gasteiger partial charge >= 0.3 is 223 Å². The molecule has 0 bridgehead atoms. The Bertz CT molecular complexity index is 1920. The summed E-state index contributed by atoms with van der Waals surface area (Å²) in [4.78, 5) is 16.0. The quantitative estimate of drug-likeness (QED) is 0.173. The van der Waals surface area contributed by atoms with E-state index in [1.165, 1.54) is 25.7 Å². The number of anilines is 5. The molecule has 46 heavy (non-hydrogen) atoms. The Morgan fingerprint density at radius 2 is 1.39 bits per heavy atom. The van der Waals surface area contributed by atoms with Gasteiger partial charge in [-0.3, -0.25) is 0 Å². The van der Waals surface area contributed by atoms with Crippen molar-refractivity contribution in [2.75, 3.05) is 21.4 Å². The van der Waals surface area contributed by atoms with Crippen LogP contribution in [0.5, 0.6) is 11.5 Å². The molecule has 6 nitrogen and oxygen atoms in total. The van der Waals surface area contributed by atoms with Gasteiger partial charge in [0.25, 0.3) is 0 Å². The van der Waals surface area contributed by atoms with Gasteiger partial charge in [-0.05, 0) is 23.1 Å². The molecule has 0 amide bonds. The van der Waals surface area contributed by atoms with Gasteiger partial charge in [0, 0.05) is 0 Å². The van der Waals surface area contributed by atoms with Crippen LogP contribution in [0.15, 0.2) is 116 Å². The topological polar surface area (TPSA) is 44.7 Å². The van der Waals surface area contributed by atoms with E-state index in [2.05, 4.69) is 152 Å². The van der Waals surface area contributed by atoms with E-state index >= 15 is 0 Å². The Balaban J connectivity index is 1.14. The predicted octanol–water partition coefficient (Wildman–Crippen LogP) is 8.06. The fourth-order valence-electron chi connectivity index (χ4n) is 5.73. The number of hydrogen-bond acceptors (Lipinski definition) is 6. The third-order valence-electron chi connectivity index (χ3n) is 8.42. The van der Waals surface area contributed by atoms with Crippen LogP contribution in [0.3, 0.4) is 0 Å². The van der Waals surface area contributed by atoms with E-state index in [-0.39, 0.29) is 25.8 Å². The van der Waals surface area contributed by atoms with Crippen LogP contribution in [0.2, 0.25) is 0 Å². The SMILES string of the molecule is CC(C)(C)c1ccc(N2C=CN(c3cccc(Oc4ccc5c(c4)N(c4cc(C(C)(C)C)ccn4)c4ccncc4[Se]5)c3)C2)cc1. The van der Waals surface area contributed by atoms with Crippen molar-refractivity contribution in [3.05, 3.63) is 127 Å². The molecule has 0 saturated carbocycles. The molecule has 2 aliphatic heterocycles. The number of pyridine rings is 2. The zero-order chi connectivity index (χ0) is 32.1. The molecule has 0 saturated heterocycles. The number of rotatable bonds is 5. The zero-order valence-corrected chi connectivity index (χ0v) is 28.9. The Morgan fingerprint density at radius 1 is 0.652 bits per heavy atom. The molecule has 5 aromatic rings. The third kappa shape index (κ3) is 6.01. The summed E-state index contributed by atoms with van der Waals surface area (Å²) >= 11 is 0.122. The zero-order valence-electron chi connectivity index (χ0n) is 27.2. The Morgan fingerprint density at radius 3 is 2.15 bits per heavy atom. The maximum atomic E-state index is 6.53. The second kappa shape index (κ2) is 11.7. The van der Waals surface area contributed by atoms with Crippen molar-refractivity contribution in [3.63, 3.8) is 0 Å². The minimum absolute atomic E-state index is 0.00966. The van der Waals surface area contributed by atoms with Gasteiger partial charge in [-0.2, -0.15) is 0 Å². The largest absolute Gasteiger partial charge is 0.0564 e. The van der Waals surface area contributed by atoms with Gasteiger partial charge in [0.2, 0.25) is 0 Å². The maximum absolute atomic E-state index is 6.53. The first-order valence-electron chi connectivity index (χ1n) is 15.7. The van der Waals surface area contributed by atoms with Crippen molar-refractivity contribution in [1.29, 1.82) is 0 Å². The molecule has 0 aliphatic carbocycles. The number of fused-ring (bicyclic) bond motifs is 2. The summed E-state index contributed by atoms with van der Waals surface area (Å²) in [7, 11) is 0. The van der Waals surface area contributed by atoms with Gasteiger partial charge in [0.05, 0.1) is 0 Å². The van der Waals surface area contributed by atoms with E-state index < -0.39 is 0 Å². The average molecular weight is 673 g/mol. The molecule has 7 rings (SSSR count). The average Bonchev–Trinajstić information content (AvgIpc) is 3.54. The van der Waals surface area contributed by atoms with Crippen molar-refractivity contribution < 1.29 is 4.74 Å². The van der Waals surface area contributed by atoms with Gasteiger partial charge in [-0.1, -0.05) is 32.9 Å². The van der Waals surface area contributed by atoms with Crippen LogP contribution >= 0.6 is 0 Å². The van der Waals surface area contributed by atoms with E-state index in [9.17, 15) is 0 Å². The first kappa shape index (κ1) is 30.1. The van der Waals surface area contributed by atoms with Crippen molar-refractivity contribution in [3.8, 4) is 11.5 Å². The van der Waals surface area contributed by atoms with Crippen LogP contribution < -0.4 is 28.4 Å². The minimum Gasteiger partial charge on any atom is -0.0564 e. The van der Waals surface area contributed by atoms with Gasteiger partial charge in [-0.15, -0.1) is 0 Å². The molecule has 0 unspecified atom stereocenters. The third-order valence-corrected chi connectivity index (χ3v) is 10.7. The van der Waals surface area contributed by atoms with E-state index in [4.69, 9.17) is 9.72 Å². The summed E-state index contributed by atoms with van der Waals surface area (Å²) in [5.74, 6) is 2.48. The van der Waals surface area contributed by atoms with Gasteiger partial charge in [0.1, 0.15) is 0 Å². The molecular formula is C39H39N5OSe. The number of nitrogens with zero attached hydrogens (tertiary/aromatic N) is 5. The van der Waals surface area contributed by atoms with E-state index in [0.29, 0.717) is 0 Å². The van der Waals surface area contributed by atoms with Gasteiger partial charge < -0.3 is 0 Å². The van der Waals surface area contributed by atoms with Crippen LogP contribution in [0.25, 0.3) is 0 Å².